The number of rotatable bonds is 1. The molecule has 4 heteroatoms. The molecular formula is C6H3Br2OSb. The molecule has 0 unspecified atom stereocenters. The molecule has 0 aliphatic carbocycles. The Hall–Kier alpha value is 0.798. The average Bonchev–Trinajstić information content (AvgIpc) is 1.94. The van der Waals surface area contributed by atoms with Crippen LogP contribution in [0.5, 0.6) is 0 Å². The number of halogens is 2. The molecule has 1 aromatic rings. The number of benzene rings is 1. The van der Waals surface area contributed by atoms with E-state index in [1.54, 1.807) is 0 Å². The van der Waals surface area contributed by atoms with Crippen LogP contribution in [-0.4, -0.2) is 21.6 Å². The van der Waals surface area contributed by atoms with Crippen molar-refractivity contribution >= 4 is 57.0 Å². The Morgan fingerprint density at radius 2 is 2.00 bits per heavy atom. The molecule has 1 rings (SSSR count). The molecule has 0 aliphatic rings. The molecule has 0 radical (unpaired) electrons. The first kappa shape index (κ1) is 8.89. The van der Waals surface area contributed by atoms with Crippen LogP contribution >= 0.6 is 31.9 Å². The third kappa shape index (κ3) is 2.14. The zero-order chi connectivity index (χ0) is 7.56. The van der Waals surface area contributed by atoms with Crippen molar-refractivity contribution in [2.75, 3.05) is 0 Å². The van der Waals surface area contributed by atoms with Gasteiger partial charge in [-0.15, -0.1) is 0 Å². The monoisotopic (exact) mass is 370 g/mol. The molecule has 0 fully saturated rings. The van der Waals surface area contributed by atoms with Gasteiger partial charge in [-0.05, 0) is 0 Å². The van der Waals surface area contributed by atoms with E-state index in [2.05, 4.69) is 31.9 Å². The van der Waals surface area contributed by atoms with Crippen molar-refractivity contribution in [1.82, 2.24) is 0 Å². The Kier molecular flexibility index (Phi) is 3.54. The van der Waals surface area contributed by atoms with E-state index in [1.807, 2.05) is 18.2 Å². The van der Waals surface area contributed by atoms with Crippen LogP contribution in [0.1, 0.15) is 0 Å². The predicted octanol–water partition coefficient (Wildman–Crippen LogP) is 1.89. The molecule has 10 heavy (non-hydrogen) atoms. The van der Waals surface area contributed by atoms with Gasteiger partial charge in [0.15, 0.2) is 0 Å². The van der Waals surface area contributed by atoms with Gasteiger partial charge >= 0.3 is 87.1 Å². The zero-order valence-electron chi connectivity index (χ0n) is 4.84. The predicted molar refractivity (Wildman–Crippen MR) is 47.9 cm³/mol. The molecule has 1 nitrogen and oxygen atoms in total. The second-order valence-electron chi connectivity index (χ2n) is 1.69. The van der Waals surface area contributed by atoms with Crippen molar-refractivity contribution in [2.24, 2.45) is 0 Å². The minimum absolute atomic E-state index is 0.936. The van der Waals surface area contributed by atoms with Gasteiger partial charge in [-0.1, -0.05) is 0 Å². The van der Waals surface area contributed by atoms with Crippen LogP contribution in [-0.2, 0) is 3.02 Å². The summed E-state index contributed by atoms with van der Waals surface area (Å²) >= 11 is 5.23. The van der Waals surface area contributed by atoms with Crippen molar-refractivity contribution in [3.05, 3.63) is 27.1 Å². The van der Waals surface area contributed by atoms with Crippen molar-refractivity contribution in [2.45, 2.75) is 0 Å². The molecule has 0 bridgehead atoms. The maximum absolute atomic E-state index is 10.6. The topological polar surface area (TPSA) is 17.1 Å². The van der Waals surface area contributed by atoms with Crippen LogP contribution in [0.25, 0.3) is 0 Å². The van der Waals surface area contributed by atoms with Gasteiger partial charge in [-0.3, -0.25) is 0 Å². The first-order chi connectivity index (χ1) is 4.74. The van der Waals surface area contributed by atoms with E-state index in [0.717, 1.165) is 12.5 Å². The summed E-state index contributed by atoms with van der Waals surface area (Å²) in [5.41, 5.74) is 0. The summed E-state index contributed by atoms with van der Waals surface area (Å²) in [5, 5.41) is 0. The normalized spacial score (nSPS) is 9.40. The third-order valence-electron chi connectivity index (χ3n) is 1.01. The summed E-state index contributed by atoms with van der Waals surface area (Å²) < 4.78 is 13.5. The first-order valence-electron chi connectivity index (χ1n) is 2.52. The molecule has 0 heterocycles. The van der Waals surface area contributed by atoms with Gasteiger partial charge in [0, 0.05) is 0 Å². The van der Waals surface area contributed by atoms with E-state index in [1.165, 1.54) is 0 Å². The second kappa shape index (κ2) is 3.98. The number of hydrogen-bond donors (Lipinski definition) is 0. The van der Waals surface area contributed by atoms with Gasteiger partial charge in [0.2, 0.25) is 0 Å². The standard InChI is InChI=1S/C6H3Br2.O.Sb/c7-5-1-2-6(8)4-3-5;;/h1-3H;;. The van der Waals surface area contributed by atoms with Gasteiger partial charge < -0.3 is 0 Å². The Morgan fingerprint density at radius 3 is 2.50 bits per heavy atom. The molecule has 0 saturated carbocycles. The zero-order valence-corrected chi connectivity index (χ0v) is 10.6. The molecule has 0 N–H and O–H groups in total. The molecule has 0 spiro atoms. The summed E-state index contributed by atoms with van der Waals surface area (Å²) in [5.74, 6) is 0. The van der Waals surface area contributed by atoms with E-state index in [0.29, 0.717) is 0 Å². The maximum atomic E-state index is 10.6. The van der Waals surface area contributed by atoms with Crippen LogP contribution in [0.4, 0.5) is 0 Å². The van der Waals surface area contributed by atoms with E-state index < -0.39 is 21.6 Å². The van der Waals surface area contributed by atoms with Gasteiger partial charge in [-0.2, -0.15) is 0 Å². The van der Waals surface area contributed by atoms with E-state index in [9.17, 15) is 3.02 Å². The van der Waals surface area contributed by atoms with Crippen LogP contribution in [0.15, 0.2) is 27.1 Å². The van der Waals surface area contributed by atoms with Gasteiger partial charge in [0.25, 0.3) is 0 Å². The molecule has 0 amide bonds. The van der Waals surface area contributed by atoms with E-state index in [-0.39, 0.29) is 0 Å². The van der Waals surface area contributed by atoms with Crippen molar-refractivity contribution < 1.29 is 3.02 Å². The fourth-order valence-electron chi connectivity index (χ4n) is 0.556. The van der Waals surface area contributed by atoms with Gasteiger partial charge in [0.1, 0.15) is 0 Å². The summed E-state index contributed by atoms with van der Waals surface area (Å²) in [6, 6.07) is 5.70. The molecule has 52 valence electrons. The fourth-order valence-corrected chi connectivity index (χ4v) is 3.19. The van der Waals surface area contributed by atoms with E-state index >= 15 is 0 Å². The quantitative estimate of drug-likeness (QED) is 0.688. The average molecular weight is 373 g/mol. The molecule has 1 aromatic carbocycles. The van der Waals surface area contributed by atoms with Crippen LogP contribution in [0.3, 0.4) is 0 Å². The SMILES string of the molecule is [O]=[Sb][c]1cc(Br)ccc1Br. The Balaban J connectivity index is 3.21. The third-order valence-corrected chi connectivity index (χ3v) is 4.72. The molecule has 0 aliphatic heterocycles. The second-order valence-corrected chi connectivity index (χ2v) is 5.35. The van der Waals surface area contributed by atoms with Gasteiger partial charge in [0.05, 0.1) is 0 Å². The van der Waals surface area contributed by atoms with Crippen LogP contribution < -0.4 is 3.51 Å². The Morgan fingerprint density at radius 1 is 1.30 bits per heavy atom. The molecular weight excluding hydrogens is 370 g/mol. The van der Waals surface area contributed by atoms with Crippen molar-refractivity contribution in [1.29, 1.82) is 0 Å². The number of hydrogen-bond acceptors (Lipinski definition) is 1. The summed E-state index contributed by atoms with van der Waals surface area (Å²) in [6.07, 6.45) is 0. The summed E-state index contributed by atoms with van der Waals surface area (Å²) in [6.45, 7) is 0. The fraction of sp³-hybridized carbons (Fsp3) is 0. The van der Waals surface area contributed by atoms with Crippen LogP contribution in [0, 0.1) is 0 Å². The summed E-state index contributed by atoms with van der Waals surface area (Å²) in [7, 11) is 0. The molecule has 0 aromatic heterocycles. The van der Waals surface area contributed by atoms with E-state index in [4.69, 9.17) is 0 Å². The Labute approximate surface area is 86.4 Å². The molecule has 0 atom stereocenters. The van der Waals surface area contributed by atoms with Crippen molar-refractivity contribution in [3.63, 3.8) is 0 Å². The Bertz CT molecular complexity index is 262. The van der Waals surface area contributed by atoms with Crippen LogP contribution in [0.2, 0.25) is 0 Å². The minimum atomic E-state index is -1.37. The summed E-state index contributed by atoms with van der Waals surface area (Å²) in [4.78, 5) is 0. The molecule has 0 saturated heterocycles. The van der Waals surface area contributed by atoms with Crippen molar-refractivity contribution in [3.8, 4) is 0 Å². The van der Waals surface area contributed by atoms with Gasteiger partial charge in [-0.25, -0.2) is 0 Å². The first-order valence-corrected chi connectivity index (χ1v) is 6.43.